The fourth-order valence-corrected chi connectivity index (χ4v) is 1.16. The van der Waals surface area contributed by atoms with Gasteiger partial charge in [-0.15, -0.1) is 0 Å². The largest absolute Gasteiger partial charge is 0.394 e. The standard InChI is InChI=1S/C9H16ClN5O2/c1-5(4-16)12-9-14-7(10)13-8(15-9)11-3-6(2)17/h5-6,16-17H,3-4H2,1-2H3,(H2,11,12,13,14,15)/t5-,6+/m1/s1. The minimum atomic E-state index is -0.515. The minimum Gasteiger partial charge on any atom is -0.394 e. The Labute approximate surface area is 104 Å². The van der Waals surface area contributed by atoms with Crippen molar-refractivity contribution in [3.63, 3.8) is 0 Å². The Morgan fingerprint density at radius 3 is 2.47 bits per heavy atom. The van der Waals surface area contributed by atoms with Gasteiger partial charge in [0, 0.05) is 12.6 Å². The van der Waals surface area contributed by atoms with Crippen molar-refractivity contribution in [2.24, 2.45) is 0 Å². The van der Waals surface area contributed by atoms with Gasteiger partial charge in [-0.1, -0.05) is 0 Å². The quantitative estimate of drug-likeness (QED) is 0.576. The topological polar surface area (TPSA) is 103 Å². The zero-order chi connectivity index (χ0) is 12.8. The van der Waals surface area contributed by atoms with Crippen LogP contribution in [0.3, 0.4) is 0 Å². The molecular formula is C9H16ClN5O2. The van der Waals surface area contributed by atoms with Crippen LogP contribution in [0.2, 0.25) is 5.28 Å². The Morgan fingerprint density at radius 2 is 1.88 bits per heavy atom. The molecule has 1 rings (SSSR count). The fraction of sp³-hybridized carbons (Fsp3) is 0.667. The normalized spacial score (nSPS) is 14.2. The van der Waals surface area contributed by atoms with E-state index in [1.807, 2.05) is 0 Å². The Kier molecular flexibility index (Phi) is 5.33. The first-order valence-electron chi connectivity index (χ1n) is 5.22. The molecule has 0 saturated carbocycles. The molecule has 7 nitrogen and oxygen atoms in total. The molecule has 0 amide bonds. The molecule has 0 aliphatic carbocycles. The van der Waals surface area contributed by atoms with E-state index in [4.69, 9.17) is 21.8 Å². The van der Waals surface area contributed by atoms with Crippen LogP contribution in [0.15, 0.2) is 0 Å². The highest BCUT2D eigenvalue weighted by Gasteiger charge is 2.07. The lowest BCUT2D eigenvalue weighted by Gasteiger charge is -2.12. The van der Waals surface area contributed by atoms with Crippen LogP contribution in [0.1, 0.15) is 13.8 Å². The van der Waals surface area contributed by atoms with Gasteiger partial charge in [-0.3, -0.25) is 0 Å². The molecule has 1 heterocycles. The van der Waals surface area contributed by atoms with Gasteiger partial charge in [-0.25, -0.2) is 0 Å². The molecule has 4 N–H and O–H groups in total. The molecule has 0 aliphatic heterocycles. The van der Waals surface area contributed by atoms with E-state index in [-0.39, 0.29) is 29.8 Å². The number of hydrogen-bond acceptors (Lipinski definition) is 7. The monoisotopic (exact) mass is 261 g/mol. The summed E-state index contributed by atoms with van der Waals surface area (Å²) >= 11 is 5.72. The Bertz CT molecular complexity index is 363. The highest BCUT2D eigenvalue weighted by atomic mass is 35.5. The number of halogens is 1. The first-order valence-corrected chi connectivity index (χ1v) is 5.60. The van der Waals surface area contributed by atoms with Gasteiger partial charge in [0.1, 0.15) is 0 Å². The number of aliphatic hydroxyl groups is 2. The molecule has 0 bridgehead atoms. The van der Waals surface area contributed by atoms with Gasteiger partial charge in [0.05, 0.1) is 12.7 Å². The van der Waals surface area contributed by atoms with Crippen LogP contribution in [0.25, 0.3) is 0 Å². The number of nitrogens with one attached hydrogen (secondary N) is 2. The van der Waals surface area contributed by atoms with E-state index in [1.54, 1.807) is 13.8 Å². The number of nitrogens with zero attached hydrogens (tertiary/aromatic N) is 3. The average Bonchev–Trinajstić information content (AvgIpc) is 2.25. The third kappa shape index (κ3) is 5.12. The molecule has 17 heavy (non-hydrogen) atoms. The molecule has 8 heteroatoms. The lowest BCUT2D eigenvalue weighted by molar-refractivity contribution is 0.208. The van der Waals surface area contributed by atoms with Crippen molar-refractivity contribution in [2.45, 2.75) is 26.0 Å². The minimum absolute atomic E-state index is 0.0419. The van der Waals surface area contributed by atoms with Crippen molar-refractivity contribution >= 4 is 23.5 Å². The number of hydrogen-bond donors (Lipinski definition) is 4. The average molecular weight is 262 g/mol. The maximum absolute atomic E-state index is 9.12. The third-order valence-corrected chi connectivity index (χ3v) is 1.98. The van der Waals surface area contributed by atoms with E-state index < -0.39 is 6.10 Å². The highest BCUT2D eigenvalue weighted by molar-refractivity contribution is 6.28. The first kappa shape index (κ1) is 13.9. The molecule has 0 spiro atoms. The van der Waals surface area contributed by atoms with Crippen LogP contribution in [0.5, 0.6) is 0 Å². The molecule has 96 valence electrons. The van der Waals surface area contributed by atoms with E-state index in [0.717, 1.165) is 0 Å². The second-order valence-electron chi connectivity index (χ2n) is 3.71. The molecule has 0 aromatic carbocycles. The second-order valence-corrected chi connectivity index (χ2v) is 4.05. The molecule has 2 atom stereocenters. The summed E-state index contributed by atoms with van der Waals surface area (Å²) in [6, 6.07) is -0.182. The van der Waals surface area contributed by atoms with Crippen LogP contribution >= 0.6 is 11.6 Å². The second kappa shape index (κ2) is 6.53. The molecule has 1 aromatic rings. The highest BCUT2D eigenvalue weighted by Crippen LogP contribution is 2.10. The van der Waals surface area contributed by atoms with Gasteiger partial charge in [0.2, 0.25) is 17.2 Å². The Morgan fingerprint density at radius 1 is 1.24 bits per heavy atom. The first-order chi connectivity index (χ1) is 8.01. The van der Waals surface area contributed by atoms with Crippen LogP contribution in [-0.4, -0.2) is 50.5 Å². The predicted molar refractivity (Wildman–Crippen MR) is 65.2 cm³/mol. The Hall–Kier alpha value is -1.18. The van der Waals surface area contributed by atoms with E-state index >= 15 is 0 Å². The molecule has 0 unspecified atom stereocenters. The lowest BCUT2D eigenvalue weighted by atomic mass is 10.4. The zero-order valence-electron chi connectivity index (χ0n) is 9.68. The van der Waals surface area contributed by atoms with Gasteiger partial charge in [-0.2, -0.15) is 15.0 Å². The maximum Gasteiger partial charge on any atom is 0.229 e. The van der Waals surface area contributed by atoms with Crippen LogP contribution in [-0.2, 0) is 0 Å². The summed E-state index contributed by atoms with van der Waals surface area (Å²) in [5.74, 6) is 0.554. The van der Waals surface area contributed by atoms with Gasteiger partial charge in [0.15, 0.2) is 0 Å². The summed E-state index contributed by atoms with van der Waals surface area (Å²) in [5, 5.41) is 23.7. The third-order valence-electron chi connectivity index (χ3n) is 1.81. The molecular weight excluding hydrogens is 246 g/mol. The van der Waals surface area contributed by atoms with Gasteiger partial charge < -0.3 is 20.8 Å². The lowest BCUT2D eigenvalue weighted by Crippen LogP contribution is -2.22. The summed E-state index contributed by atoms with van der Waals surface area (Å²) in [6.45, 7) is 3.69. The van der Waals surface area contributed by atoms with Crippen LogP contribution in [0.4, 0.5) is 11.9 Å². The van der Waals surface area contributed by atoms with Crippen LogP contribution in [0, 0.1) is 0 Å². The summed E-state index contributed by atoms with van der Waals surface area (Å²) in [4.78, 5) is 11.8. The number of anilines is 2. The molecule has 1 aromatic heterocycles. The number of rotatable bonds is 6. The van der Waals surface area contributed by atoms with E-state index in [0.29, 0.717) is 6.54 Å². The number of aromatic nitrogens is 3. The van der Waals surface area contributed by atoms with Crippen molar-refractivity contribution in [3.05, 3.63) is 5.28 Å². The van der Waals surface area contributed by atoms with Gasteiger partial charge in [0.25, 0.3) is 0 Å². The smallest absolute Gasteiger partial charge is 0.229 e. The van der Waals surface area contributed by atoms with Crippen LogP contribution < -0.4 is 10.6 Å². The summed E-state index contributed by atoms with van der Waals surface area (Å²) in [6.07, 6.45) is -0.515. The SMILES string of the molecule is C[C@H](O)CNc1nc(Cl)nc(N[C@H](C)CO)n1. The van der Waals surface area contributed by atoms with Crippen molar-refractivity contribution in [2.75, 3.05) is 23.8 Å². The summed E-state index contributed by atoms with van der Waals surface area (Å²) < 4.78 is 0. The van der Waals surface area contributed by atoms with E-state index in [2.05, 4.69) is 25.6 Å². The molecule has 0 radical (unpaired) electrons. The Balaban J connectivity index is 2.72. The van der Waals surface area contributed by atoms with Gasteiger partial charge in [-0.05, 0) is 25.4 Å². The van der Waals surface area contributed by atoms with Crippen molar-refractivity contribution in [3.8, 4) is 0 Å². The maximum atomic E-state index is 9.12. The fourth-order valence-electron chi connectivity index (χ4n) is 0.999. The molecule has 0 saturated heterocycles. The van der Waals surface area contributed by atoms with E-state index in [9.17, 15) is 0 Å². The van der Waals surface area contributed by atoms with E-state index in [1.165, 1.54) is 0 Å². The number of aliphatic hydroxyl groups excluding tert-OH is 2. The van der Waals surface area contributed by atoms with Crippen molar-refractivity contribution in [1.82, 2.24) is 15.0 Å². The summed E-state index contributed by atoms with van der Waals surface area (Å²) in [7, 11) is 0. The van der Waals surface area contributed by atoms with Crippen molar-refractivity contribution in [1.29, 1.82) is 0 Å². The summed E-state index contributed by atoms with van der Waals surface area (Å²) in [5.41, 5.74) is 0. The zero-order valence-corrected chi connectivity index (χ0v) is 10.4. The van der Waals surface area contributed by atoms with Gasteiger partial charge >= 0.3 is 0 Å². The predicted octanol–water partition coefficient (Wildman–Crippen LogP) is 0.110. The molecule has 0 fully saturated rings. The van der Waals surface area contributed by atoms with Crippen molar-refractivity contribution < 1.29 is 10.2 Å². The molecule has 0 aliphatic rings.